The number of halogens is 5. The predicted octanol–water partition coefficient (Wildman–Crippen LogP) is 4.87. The second-order valence-electron chi connectivity index (χ2n) is 8.81. The number of fused-ring (bicyclic) bond motifs is 2. The van der Waals surface area contributed by atoms with Crippen LogP contribution in [0.15, 0.2) is 36.5 Å². The fourth-order valence-electron chi connectivity index (χ4n) is 4.54. The lowest BCUT2D eigenvalue weighted by molar-refractivity contribution is -0.137. The van der Waals surface area contributed by atoms with Gasteiger partial charge in [-0.1, -0.05) is 0 Å². The van der Waals surface area contributed by atoms with Crippen molar-refractivity contribution in [1.82, 2.24) is 25.2 Å². The van der Waals surface area contributed by atoms with Gasteiger partial charge in [0.25, 0.3) is 0 Å². The van der Waals surface area contributed by atoms with Crippen LogP contribution < -0.4 is 5.32 Å². The Morgan fingerprint density at radius 2 is 1.83 bits per heavy atom. The van der Waals surface area contributed by atoms with Crippen LogP contribution in [0.5, 0.6) is 0 Å². The van der Waals surface area contributed by atoms with Crippen LogP contribution in [0.3, 0.4) is 0 Å². The highest BCUT2D eigenvalue weighted by Crippen LogP contribution is 2.33. The van der Waals surface area contributed by atoms with E-state index in [9.17, 15) is 26.7 Å². The Balaban J connectivity index is 1.16. The van der Waals surface area contributed by atoms with Crippen LogP contribution in [-0.2, 0) is 24.1 Å². The zero-order valence-corrected chi connectivity index (χ0v) is 18.5. The average Bonchev–Trinajstić information content (AvgIpc) is 3.40. The number of imidazole rings is 1. The van der Waals surface area contributed by atoms with Gasteiger partial charge >= 0.3 is 6.18 Å². The van der Waals surface area contributed by atoms with Gasteiger partial charge < -0.3 is 15.3 Å². The molecule has 35 heavy (non-hydrogen) atoms. The number of nitrogens with zero attached hydrogens (tertiary/aromatic N) is 2. The summed E-state index contributed by atoms with van der Waals surface area (Å²) in [7, 11) is 0. The summed E-state index contributed by atoms with van der Waals surface area (Å²) in [4.78, 5) is 24.8. The predicted molar refractivity (Wildman–Crippen MR) is 119 cm³/mol. The summed E-state index contributed by atoms with van der Waals surface area (Å²) >= 11 is 0. The maximum absolute atomic E-state index is 13.4. The van der Waals surface area contributed by atoms with Crippen molar-refractivity contribution in [1.29, 1.82) is 0 Å². The van der Waals surface area contributed by atoms with E-state index < -0.39 is 23.4 Å². The van der Waals surface area contributed by atoms with Crippen molar-refractivity contribution in [2.75, 3.05) is 13.1 Å². The van der Waals surface area contributed by atoms with Gasteiger partial charge in [-0.3, -0.25) is 9.69 Å². The quantitative estimate of drug-likeness (QED) is 0.349. The van der Waals surface area contributed by atoms with Crippen LogP contribution in [0.1, 0.15) is 29.8 Å². The Morgan fingerprint density at radius 1 is 1.09 bits per heavy atom. The SMILES string of the molecule is O=C(NCc1nc2cc(F)c(F)cc2[nH]1)C1CCN(Cc2c[nH]c3ccc(C(F)(F)F)cc23)CC1. The first-order chi connectivity index (χ1) is 16.7. The molecule has 5 rings (SSSR count). The summed E-state index contributed by atoms with van der Waals surface area (Å²) < 4.78 is 66.0. The van der Waals surface area contributed by atoms with E-state index in [2.05, 4.69) is 25.2 Å². The van der Waals surface area contributed by atoms with E-state index in [4.69, 9.17) is 0 Å². The standard InChI is InChI=1S/C24H22F5N5O/c25-17-8-20-21(9-18(17)26)33-22(32-20)11-31-23(35)13-3-5-34(6-4-13)12-14-10-30-19-2-1-15(7-16(14)19)24(27,28)29/h1-2,7-10,13,30H,3-6,11-12H2,(H,31,35)(H,32,33). The van der Waals surface area contributed by atoms with Crippen LogP contribution in [0.25, 0.3) is 21.9 Å². The molecule has 1 aliphatic rings. The van der Waals surface area contributed by atoms with Gasteiger partial charge in [0.2, 0.25) is 5.91 Å². The molecule has 0 atom stereocenters. The lowest BCUT2D eigenvalue weighted by Crippen LogP contribution is -2.40. The molecule has 1 amide bonds. The topological polar surface area (TPSA) is 76.8 Å². The van der Waals surface area contributed by atoms with E-state index in [1.807, 2.05) is 0 Å². The summed E-state index contributed by atoms with van der Waals surface area (Å²) in [5, 5.41) is 3.36. The number of rotatable bonds is 5. The number of benzene rings is 2. The van der Waals surface area contributed by atoms with Gasteiger partial charge in [-0.15, -0.1) is 0 Å². The third-order valence-electron chi connectivity index (χ3n) is 6.45. The molecule has 1 aliphatic heterocycles. The number of amides is 1. The van der Waals surface area contributed by atoms with E-state index in [1.54, 1.807) is 6.20 Å². The van der Waals surface area contributed by atoms with Gasteiger partial charge in [0, 0.05) is 41.7 Å². The molecule has 0 bridgehead atoms. The maximum atomic E-state index is 13.4. The number of carbonyl (C=O) groups is 1. The van der Waals surface area contributed by atoms with Gasteiger partial charge in [0.1, 0.15) is 5.82 Å². The van der Waals surface area contributed by atoms with Crippen molar-refractivity contribution in [2.24, 2.45) is 5.92 Å². The van der Waals surface area contributed by atoms with Crippen molar-refractivity contribution >= 4 is 27.8 Å². The zero-order chi connectivity index (χ0) is 24.7. The van der Waals surface area contributed by atoms with Crippen molar-refractivity contribution in [2.45, 2.75) is 32.1 Å². The number of carbonyl (C=O) groups excluding carboxylic acids is 1. The zero-order valence-electron chi connectivity index (χ0n) is 18.5. The summed E-state index contributed by atoms with van der Waals surface area (Å²) in [5.41, 5.74) is 1.38. The Morgan fingerprint density at radius 3 is 2.57 bits per heavy atom. The van der Waals surface area contributed by atoms with Crippen molar-refractivity contribution in [3.05, 3.63) is 65.1 Å². The fraction of sp³-hybridized carbons (Fsp3) is 0.333. The van der Waals surface area contributed by atoms with Gasteiger partial charge in [-0.05, 0) is 49.7 Å². The molecule has 184 valence electrons. The summed E-state index contributed by atoms with van der Waals surface area (Å²) in [5.74, 6) is -1.90. The van der Waals surface area contributed by atoms with E-state index >= 15 is 0 Å². The lowest BCUT2D eigenvalue weighted by Gasteiger charge is -2.31. The molecule has 0 spiro atoms. The number of nitrogens with one attached hydrogen (secondary N) is 3. The van der Waals surface area contributed by atoms with Crippen molar-refractivity contribution in [3.8, 4) is 0 Å². The fourth-order valence-corrected chi connectivity index (χ4v) is 4.54. The van der Waals surface area contributed by atoms with Crippen LogP contribution in [0.2, 0.25) is 0 Å². The first kappa shape index (κ1) is 23.3. The monoisotopic (exact) mass is 491 g/mol. The number of piperidine rings is 1. The minimum absolute atomic E-state index is 0.105. The molecule has 3 N–H and O–H groups in total. The van der Waals surface area contributed by atoms with Gasteiger partial charge in [0.15, 0.2) is 11.6 Å². The average molecular weight is 491 g/mol. The van der Waals surface area contributed by atoms with Gasteiger partial charge in [-0.25, -0.2) is 13.8 Å². The van der Waals surface area contributed by atoms with Crippen LogP contribution in [0.4, 0.5) is 22.0 Å². The highest BCUT2D eigenvalue weighted by atomic mass is 19.4. The first-order valence-electron chi connectivity index (χ1n) is 11.2. The number of likely N-dealkylation sites (tertiary alicyclic amines) is 1. The Kier molecular flexibility index (Phi) is 5.96. The Hall–Kier alpha value is -3.47. The molecule has 0 saturated carbocycles. The number of H-pyrrole nitrogens is 2. The third-order valence-corrected chi connectivity index (χ3v) is 6.45. The molecule has 4 aromatic rings. The lowest BCUT2D eigenvalue weighted by atomic mass is 9.95. The largest absolute Gasteiger partial charge is 0.416 e. The summed E-state index contributed by atoms with van der Waals surface area (Å²) in [6.07, 6.45) is -1.45. The minimum Gasteiger partial charge on any atom is -0.361 e. The van der Waals surface area contributed by atoms with Crippen molar-refractivity contribution < 1.29 is 26.7 Å². The van der Waals surface area contributed by atoms with Gasteiger partial charge in [-0.2, -0.15) is 13.2 Å². The van der Waals surface area contributed by atoms with Crippen molar-refractivity contribution in [3.63, 3.8) is 0 Å². The number of hydrogen-bond acceptors (Lipinski definition) is 3. The molecule has 1 fully saturated rings. The second kappa shape index (κ2) is 8.95. The molecule has 6 nitrogen and oxygen atoms in total. The minimum atomic E-state index is -4.40. The van der Waals surface area contributed by atoms with Crippen LogP contribution in [-0.4, -0.2) is 38.8 Å². The van der Waals surface area contributed by atoms with E-state index in [0.717, 1.165) is 23.8 Å². The van der Waals surface area contributed by atoms with E-state index in [-0.39, 0.29) is 23.9 Å². The molecule has 2 aromatic carbocycles. The molecule has 1 saturated heterocycles. The van der Waals surface area contributed by atoms with E-state index in [0.29, 0.717) is 54.7 Å². The molecule has 11 heteroatoms. The molecular weight excluding hydrogens is 469 g/mol. The number of aromatic amines is 2. The van der Waals surface area contributed by atoms with Crippen LogP contribution in [0, 0.1) is 17.6 Å². The maximum Gasteiger partial charge on any atom is 0.416 e. The summed E-state index contributed by atoms with van der Waals surface area (Å²) in [6.45, 7) is 1.86. The molecule has 0 aliphatic carbocycles. The highest BCUT2D eigenvalue weighted by molar-refractivity contribution is 5.84. The highest BCUT2D eigenvalue weighted by Gasteiger charge is 2.31. The Bertz CT molecular complexity index is 1350. The first-order valence-corrected chi connectivity index (χ1v) is 11.2. The number of alkyl halides is 3. The normalized spacial score (nSPS) is 15.8. The molecule has 2 aromatic heterocycles. The number of hydrogen-bond donors (Lipinski definition) is 3. The summed E-state index contributed by atoms with van der Waals surface area (Å²) in [6, 6.07) is 5.69. The molecule has 3 heterocycles. The molecule has 0 unspecified atom stereocenters. The third kappa shape index (κ3) is 4.86. The Labute approximate surface area is 196 Å². The molecule has 0 radical (unpaired) electrons. The smallest absolute Gasteiger partial charge is 0.361 e. The van der Waals surface area contributed by atoms with E-state index in [1.165, 1.54) is 12.1 Å². The molecular formula is C24H22F5N5O. The number of aromatic nitrogens is 3. The van der Waals surface area contributed by atoms with Crippen LogP contribution >= 0.6 is 0 Å². The second-order valence-corrected chi connectivity index (χ2v) is 8.81. The van der Waals surface area contributed by atoms with Gasteiger partial charge in [0.05, 0.1) is 23.1 Å².